The molecule has 1 atom stereocenters. The molecule has 0 aliphatic carbocycles. The first-order valence-corrected chi connectivity index (χ1v) is 4.88. The molecule has 5 N–H and O–H groups in total. The van der Waals surface area contributed by atoms with E-state index in [0.29, 0.717) is 16.9 Å². The second-order valence-electron chi connectivity index (χ2n) is 3.63. The fourth-order valence-electron chi connectivity index (χ4n) is 1.27. The average molecular weight is 221 g/mol. The van der Waals surface area contributed by atoms with Gasteiger partial charge in [0.2, 0.25) is 5.91 Å². The molecule has 0 aromatic heterocycles. The van der Waals surface area contributed by atoms with Crippen LogP contribution in [0, 0.1) is 0 Å². The van der Waals surface area contributed by atoms with Crippen molar-refractivity contribution < 1.29 is 9.59 Å². The van der Waals surface area contributed by atoms with Crippen LogP contribution in [0.4, 0.5) is 11.4 Å². The zero-order valence-electron chi connectivity index (χ0n) is 9.28. The third-order valence-electron chi connectivity index (χ3n) is 2.24. The number of nitrogens with two attached hydrogens (primary N) is 2. The van der Waals surface area contributed by atoms with Crippen molar-refractivity contribution in [2.45, 2.75) is 19.9 Å². The van der Waals surface area contributed by atoms with Gasteiger partial charge in [-0.15, -0.1) is 0 Å². The number of anilines is 2. The molecular formula is C11H15N3O2. The Morgan fingerprint density at radius 3 is 2.50 bits per heavy atom. The number of nitrogens with one attached hydrogen (secondary N) is 1. The van der Waals surface area contributed by atoms with Crippen LogP contribution in [0.3, 0.4) is 0 Å². The van der Waals surface area contributed by atoms with Crippen molar-refractivity contribution in [1.82, 2.24) is 0 Å². The molecule has 0 aliphatic heterocycles. The molecule has 86 valence electrons. The fourth-order valence-corrected chi connectivity index (χ4v) is 1.27. The number of hydrogen-bond donors (Lipinski definition) is 3. The van der Waals surface area contributed by atoms with Crippen molar-refractivity contribution in [2.75, 3.05) is 11.1 Å². The molecule has 1 amide bonds. The Morgan fingerprint density at radius 1 is 1.38 bits per heavy atom. The van der Waals surface area contributed by atoms with Gasteiger partial charge in [0.05, 0.1) is 0 Å². The number of ketones is 1. The zero-order chi connectivity index (χ0) is 12.3. The smallest absolute Gasteiger partial charge is 0.239 e. The minimum atomic E-state index is -0.497. The van der Waals surface area contributed by atoms with Gasteiger partial charge in [-0.05, 0) is 32.0 Å². The van der Waals surface area contributed by atoms with Gasteiger partial charge in [0.25, 0.3) is 0 Å². The maximum Gasteiger partial charge on any atom is 0.239 e. The van der Waals surface area contributed by atoms with Gasteiger partial charge in [-0.3, -0.25) is 9.59 Å². The molecule has 0 spiro atoms. The van der Waals surface area contributed by atoms with E-state index in [1.807, 2.05) is 0 Å². The number of benzene rings is 1. The molecule has 1 unspecified atom stereocenters. The minimum absolute atomic E-state index is 0.118. The van der Waals surface area contributed by atoms with E-state index < -0.39 is 11.9 Å². The van der Waals surface area contributed by atoms with Gasteiger partial charge in [0.1, 0.15) is 6.04 Å². The van der Waals surface area contributed by atoms with E-state index in [2.05, 4.69) is 5.32 Å². The van der Waals surface area contributed by atoms with Crippen molar-refractivity contribution in [2.24, 2.45) is 5.73 Å². The van der Waals surface area contributed by atoms with Crippen LogP contribution in [0.5, 0.6) is 0 Å². The molecule has 0 heterocycles. The van der Waals surface area contributed by atoms with Crippen LogP contribution in [0.2, 0.25) is 0 Å². The normalized spacial score (nSPS) is 11.9. The summed E-state index contributed by atoms with van der Waals surface area (Å²) in [4.78, 5) is 22.1. The topological polar surface area (TPSA) is 98.2 Å². The predicted molar refractivity (Wildman–Crippen MR) is 63.1 cm³/mol. The monoisotopic (exact) mass is 221 g/mol. The number of rotatable bonds is 4. The highest BCUT2D eigenvalue weighted by atomic mass is 16.1. The summed E-state index contributed by atoms with van der Waals surface area (Å²) in [6.45, 7) is 3.08. The van der Waals surface area contributed by atoms with E-state index in [-0.39, 0.29) is 5.78 Å². The van der Waals surface area contributed by atoms with Crippen LogP contribution in [-0.2, 0) is 4.79 Å². The van der Waals surface area contributed by atoms with Crippen LogP contribution >= 0.6 is 0 Å². The van der Waals surface area contributed by atoms with E-state index in [1.54, 1.807) is 25.1 Å². The molecule has 0 radical (unpaired) electrons. The standard InChI is InChI=1S/C11H15N3O2/c1-6(11(13)16)14-8-3-4-10(12)9(5-8)7(2)15/h3-6,14H,12H2,1-2H3,(H2,13,16). The van der Waals surface area contributed by atoms with E-state index in [1.165, 1.54) is 6.92 Å². The van der Waals surface area contributed by atoms with Crippen LogP contribution in [0.1, 0.15) is 24.2 Å². The molecule has 1 aromatic carbocycles. The number of Topliss-reactive ketones (excluding diaryl/α,β-unsaturated/α-hetero) is 1. The van der Waals surface area contributed by atoms with Gasteiger partial charge < -0.3 is 16.8 Å². The lowest BCUT2D eigenvalue weighted by Gasteiger charge is -2.13. The molecule has 5 nitrogen and oxygen atoms in total. The first kappa shape index (κ1) is 12.0. The van der Waals surface area contributed by atoms with Crippen molar-refractivity contribution in [3.8, 4) is 0 Å². The summed E-state index contributed by atoms with van der Waals surface area (Å²) < 4.78 is 0. The Morgan fingerprint density at radius 2 is 2.00 bits per heavy atom. The Bertz CT molecular complexity index is 429. The zero-order valence-corrected chi connectivity index (χ0v) is 9.28. The third-order valence-corrected chi connectivity index (χ3v) is 2.24. The number of carbonyl (C=O) groups is 2. The number of amides is 1. The maximum absolute atomic E-state index is 11.2. The second-order valence-corrected chi connectivity index (χ2v) is 3.63. The predicted octanol–water partition coefficient (Wildman–Crippen LogP) is 0.757. The molecule has 1 aromatic rings. The fraction of sp³-hybridized carbons (Fsp3) is 0.273. The van der Waals surface area contributed by atoms with Crippen molar-refractivity contribution in [3.05, 3.63) is 23.8 Å². The lowest BCUT2D eigenvalue weighted by atomic mass is 10.1. The Balaban J connectivity index is 2.95. The van der Waals surface area contributed by atoms with Crippen LogP contribution in [0.25, 0.3) is 0 Å². The minimum Gasteiger partial charge on any atom is -0.398 e. The van der Waals surface area contributed by atoms with Gasteiger partial charge in [-0.2, -0.15) is 0 Å². The lowest BCUT2D eigenvalue weighted by Crippen LogP contribution is -2.32. The van der Waals surface area contributed by atoms with E-state index in [0.717, 1.165) is 0 Å². The van der Waals surface area contributed by atoms with Crippen LogP contribution in [0.15, 0.2) is 18.2 Å². The first-order chi connectivity index (χ1) is 7.41. The molecule has 0 fully saturated rings. The first-order valence-electron chi connectivity index (χ1n) is 4.88. The van der Waals surface area contributed by atoms with Crippen LogP contribution in [-0.4, -0.2) is 17.7 Å². The SMILES string of the molecule is CC(=O)c1cc(NC(C)C(N)=O)ccc1N. The number of primary amides is 1. The molecule has 16 heavy (non-hydrogen) atoms. The van der Waals surface area contributed by atoms with Crippen molar-refractivity contribution in [3.63, 3.8) is 0 Å². The Hall–Kier alpha value is -2.04. The molecule has 0 saturated carbocycles. The summed E-state index contributed by atoms with van der Waals surface area (Å²) in [5, 5.41) is 2.88. The molecule has 5 heteroatoms. The highest BCUT2D eigenvalue weighted by Gasteiger charge is 2.10. The third kappa shape index (κ3) is 2.73. The van der Waals surface area contributed by atoms with Crippen LogP contribution < -0.4 is 16.8 Å². The van der Waals surface area contributed by atoms with Gasteiger partial charge in [-0.25, -0.2) is 0 Å². The summed E-state index contributed by atoms with van der Waals surface area (Å²) in [5.74, 6) is -0.575. The quantitative estimate of drug-likeness (QED) is 0.516. The van der Waals surface area contributed by atoms with Crippen molar-refractivity contribution in [1.29, 1.82) is 0 Å². The van der Waals surface area contributed by atoms with Gasteiger partial charge in [0, 0.05) is 16.9 Å². The summed E-state index contributed by atoms with van der Waals surface area (Å²) in [7, 11) is 0. The summed E-state index contributed by atoms with van der Waals surface area (Å²) in [5.41, 5.74) is 12.3. The number of carbonyl (C=O) groups excluding carboxylic acids is 2. The molecule has 0 saturated heterocycles. The Labute approximate surface area is 93.8 Å². The summed E-state index contributed by atoms with van der Waals surface area (Å²) >= 11 is 0. The molecule has 1 rings (SSSR count). The van der Waals surface area contributed by atoms with Gasteiger partial charge >= 0.3 is 0 Å². The molecule has 0 bridgehead atoms. The highest BCUT2D eigenvalue weighted by molar-refractivity contribution is 6.00. The number of nitrogen functional groups attached to an aromatic ring is 1. The van der Waals surface area contributed by atoms with Gasteiger partial charge in [0.15, 0.2) is 5.78 Å². The van der Waals surface area contributed by atoms with E-state index in [9.17, 15) is 9.59 Å². The highest BCUT2D eigenvalue weighted by Crippen LogP contribution is 2.18. The molecule has 0 aliphatic rings. The maximum atomic E-state index is 11.2. The average Bonchev–Trinajstić information content (AvgIpc) is 2.20. The second kappa shape index (κ2) is 4.65. The van der Waals surface area contributed by atoms with E-state index >= 15 is 0 Å². The van der Waals surface area contributed by atoms with Gasteiger partial charge in [-0.1, -0.05) is 0 Å². The largest absolute Gasteiger partial charge is 0.398 e. The summed E-state index contributed by atoms with van der Waals surface area (Å²) in [6, 6.07) is 4.42. The lowest BCUT2D eigenvalue weighted by molar-refractivity contribution is -0.118. The summed E-state index contributed by atoms with van der Waals surface area (Å²) in [6.07, 6.45) is 0. The Kier molecular flexibility index (Phi) is 3.50. The van der Waals surface area contributed by atoms with Crippen molar-refractivity contribution >= 4 is 23.1 Å². The number of hydrogen-bond acceptors (Lipinski definition) is 4. The molecular weight excluding hydrogens is 206 g/mol. The van der Waals surface area contributed by atoms with E-state index in [4.69, 9.17) is 11.5 Å².